The Hall–Kier alpha value is -2.41. The van der Waals surface area contributed by atoms with Gasteiger partial charge in [-0.3, -0.25) is 9.59 Å². The van der Waals surface area contributed by atoms with Crippen LogP contribution in [-0.4, -0.2) is 109 Å². The second kappa shape index (κ2) is 21.5. The van der Waals surface area contributed by atoms with Gasteiger partial charge in [0.1, 0.15) is 12.2 Å². The maximum Gasteiger partial charge on any atom is 0.379 e. The Bertz CT molecular complexity index is 762. The molecule has 0 saturated carbocycles. The van der Waals surface area contributed by atoms with Crippen molar-refractivity contribution in [3.8, 4) is 0 Å². The van der Waals surface area contributed by atoms with Gasteiger partial charge in [0, 0.05) is 5.56 Å². The van der Waals surface area contributed by atoms with Gasteiger partial charge in [-0.25, -0.2) is 4.79 Å². The van der Waals surface area contributed by atoms with Gasteiger partial charge in [0.15, 0.2) is 0 Å². The topological polar surface area (TPSA) is 125 Å². The normalized spacial score (nSPS) is 11.3. The molecule has 0 spiro atoms. The number of rotatable bonds is 23. The van der Waals surface area contributed by atoms with Gasteiger partial charge in [-0.05, 0) is 20.8 Å². The lowest BCUT2D eigenvalue weighted by molar-refractivity contribution is -0.156. The molecule has 38 heavy (non-hydrogen) atoms. The van der Waals surface area contributed by atoms with Crippen LogP contribution >= 0.6 is 0 Å². The summed E-state index contributed by atoms with van der Waals surface area (Å²) in [5, 5.41) is 0. The highest BCUT2D eigenvalue weighted by atomic mass is 16.6. The number of Topliss-reactive ketones (excluding diaryl/α,β-unsaturated/α-hetero) is 1. The third kappa shape index (κ3) is 19.7. The Morgan fingerprint density at radius 3 is 1.39 bits per heavy atom. The molecule has 11 nitrogen and oxygen atoms in total. The van der Waals surface area contributed by atoms with Crippen LogP contribution in [-0.2, 0) is 47.5 Å². The summed E-state index contributed by atoms with van der Waals surface area (Å²) >= 11 is 0. The van der Waals surface area contributed by atoms with Crippen LogP contribution in [0.15, 0.2) is 30.3 Å². The average molecular weight is 543 g/mol. The highest BCUT2D eigenvalue weighted by molar-refractivity contribution is 6.40. The molecule has 0 fully saturated rings. The maximum atomic E-state index is 11.8. The molecule has 0 aliphatic heterocycles. The molecule has 216 valence electrons. The fourth-order valence-corrected chi connectivity index (χ4v) is 2.72. The van der Waals surface area contributed by atoms with E-state index in [1.807, 2.05) is 20.8 Å². The van der Waals surface area contributed by atoms with Gasteiger partial charge in [-0.15, -0.1) is 0 Å². The zero-order valence-corrected chi connectivity index (χ0v) is 22.8. The van der Waals surface area contributed by atoms with Crippen LogP contribution in [0, 0.1) is 0 Å². The van der Waals surface area contributed by atoms with E-state index in [4.69, 9.17) is 37.9 Å². The second-order valence-corrected chi connectivity index (χ2v) is 8.84. The average Bonchev–Trinajstić information content (AvgIpc) is 2.88. The first kappa shape index (κ1) is 33.6. The monoisotopic (exact) mass is 542 g/mol. The quantitative estimate of drug-likeness (QED) is 0.0875. The molecule has 0 N–H and O–H groups in total. The molecule has 0 saturated heterocycles. The summed E-state index contributed by atoms with van der Waals surface area (Å²) in [4.78, 5) is 35.1. The van der Waals surface area contributed by atoms with Crippen molar-refractivity contribution in [1.82, 2.24) is 0 Å². The number of ketones is 1. The Morgan fingerprint density at radius 2 is 0.974 bits per heavy atom. The number of benzene rings is 1. The van der Waals surface area contributed by atoms with E-state index in [-0.39, 0.29) is 25.6 Å². The summed E-state index contributed by atoms with van der Waals surface area (Å²) in [6.45, 7) is 10.1. The molecule has 0 heterocycles. The molecule has 1 aromatic carbocycles. The Morgan fingerprint density at radius 1 is 0.579 bits per heavy atom. The third-order valence-electron chi connectivity index (χ3n) is 4.41. The zero-order valence-electron chi connectivity index (χ0n) is 22.8. The van der Waals surface area contributed by atoms with Gasteiger partial charge in [0.2, 0.25) is 0 Å². The molecule has 0 aromatic heterocycles. The summed E-state index contributed by atoms with van der Waals surface area (Å²) in [6, 6.07) is 8.24. The van der Waals surface area contributed by atoms with Crippen LogP contribution in [0.1, 0.15) is 37.6 Å². The minimum atomic E-state index is -0.900. The molecule has 0 atom stereocenters. The summed E-state index contributed by atoms with van der Waals surface area (Å²) < 4.78 is 42.3. The fraction of sp³-hybridized carbons (Fsp3) is 0.667. The van der Waals surface area contributed by atoms with Crippen LogP contribution < -0.4 is 0 Å². The molecule has 1 aromatic rings. The van der Waals surface area contributed by atoms with Crippen LogP contribution in [0.5, 0.6) is 0 Å². The van der Waals surface area contributed by atoms with Crippen molar-refractivity contribution in [2.75, 3.05) is 85.9 Å². The number of carbonyl (C=O) groups is 3. The van der Waals surface area contributed by atoms with Crippen LogP contribution in [0.2, 0.25) is 0 Å². The van der Waals surface area contributed by atoms with Gasteiger partial charge in [0.25, 0.3) is 5.78 Å². The summed E-state index contributed by atoms with van der Waals surface area (Å²) in [5.41, 5.74) is -0.188. The lowest BCUT2D eigenvalue weighted by atomic mass is 10.1. The second-order valence-electron chi connectivity index (χ2n) is 8.84. The Labute approximate surface area is 224 Å². The number of hydrogen-bond donors (Lipinski definition) is 0. The van der Waals surface area contributed by atoms with E-state index < -0.39 is 17.4 Å². The van der Waals surface area contributed by atoms with Gasteiger partial charge in [0.05, 0.1) is 85.7 Å². The van der Waals surface area contributed by atoms with Crippen molar-refractivity contribution >= 4 is 17.7 Å². The molecular weight excluding hydrogens is 500 g/mol. The Balaban J connectivity index is 1.76. The minimum absolute atomic E-state index is 0.00478. The van der Waals surface area contributed by atoms with Crippen molar-refractivity contribution in [1.29, 1.82) is 0 Å². The lowest BCUT2D eigenvalue weighted by Crippen LogP contribution is -2.24. The number of ether oxygens (including phenoxy) is 8. The van der Waals surface area contributed by atoms with E-state index >= 15 is 0 Å². The highest BCUT2D eigenvalue weighted by Crippen LogP contribution is 2.08. The van der Waals surface area contributed by atoms with Crippen molar-refractivity contribution in [2.45, 2.75) is 32.8 Å². The van der Waals surface area contributed by atoms with E-state index in [2.05, 4.69) is 0 Å². The number of hydrogen-bond acceptors (Lipinski definition) is 11. The smallest absolute Gasteiger partial charge is 0.379 e. The van der Waals surface area contributed by atoms with Crippen LogP contribution in [0.4, 0.5) is 0 Å². The van der Waals surface area contributed by atoms with Gasteiger partial charge in [-0.1, -0.05) is 30.3 Å². The predicted octanol–water partition coefficient (Wildman–Crippen LogP) is 2.24. The van der Waals surface area contributed by atoms with E-state index in [1.54, 1.807) is 30.3 Å². The Kier molecular flexibility index (Phi) is 19.0. The minimum Gasteiger partial charge on any atom is -0.460 e. The van der Waals surface area contributed by atoms with Crippen LogP contribution in [0.3, 0.4) is 0 Å². The molecule has 1 rings (SSSR count). The third-order valence-corrected chi connectivity index (χ3v) is 4.41. The molecule has 0 radical (unpaired) electrons. The van der Waals surface area contributed by atoms with Gasteiger partial charge >= 0.3 is 11.9 Å². The van der Waals surface area contributed by atoms with Crippen molar-refractivity contribution in [3.63, 3.8) is 0 Å². The van der Waals surface area contributed by atoms with E-state index in [1.165, 1.54) is 0 Å². The molecule has 0 bridgehead atoms. The SMILES string of the molecule is CC(C)(C)OC(=O)CCOCCOCCOCCOCCOCCOCCOC(=O)C(=O)c1ccccc1. The first-order valence-corrected chi connectivity index (χ1v) is 12.7. The summed E-state index contributed by atoms with van der Waals surface area (Å²) in [6.07, 6.45) is 0.220. The van der Waals surface area contributed by atoms with Crippen molar-refractivity contribution in [2.24, 2.45) is 0 Å². The fourth-order valence-electron chi connectivity index (χ4n) is 2.72. The standard InChI is InChI=1S/C27H42O11/c1-27(2,3)38-24(28)9-10-31-11-12-32-13-14-33-15-16-34-17-18-35-19-20-36-21-22-37-26(30)25(29)23-7-5-4-6-8-23/h4-8H,9-22H2,1-3H3. The molecular formula is C27H42O11. The largest absolute Gasteiger partial charge is 0.460 e. The van der Waals surface area contributed by atoms with Crippen LogP contribution in [0.25, 0.3) is 0 Å². The van der Waals surface area contributed by atoms with Crippen molar-refractivity contribution < 1.29 is 52.3 Å². The first-order valence-electron chi connectivity index (χ1n) is 12.7. The molecule has 11 heteroatoms. The first-order chi connectivity index (χ1) is 18.3. The van der Waals surface area contributed by atoms with E-state index in [0.717, 1.165) is 0 Å². The summed E-state index contributed by atoms with van der Waals surface area (Å²) in [7, 11) is 0. The van der Waals surface area contributed by atoms with E-state index in [9.17, 15) is 14.4 Å². The lowest BCUT2D eigenvalue weighted by Gasteiger charge is -2.19. The van der Waals surface area contributed by atoms with Gasteiger partial charge in [-0.2, -0.15) is 0 Å². The highest BCUT2D eigenvalue weighted by Gasteiger charge is 2.17. The van der Waals surface area contributed by atoms with Gasteiger partial charge < -0.3 is 37.9 Å². The zero-order chi connectivity index (χ0) is 27.9. The number of carbonyl (C=O) groups excluding carboxylic acids is 3. The maximum absolute atomic E-state index is 11.8. The van der Waals surface area contributed by atoms with E-state index in [0.29, 0.717) is 78.2 Å². The predicted molar refractivity (Wildman–Crippen MR) is 137 cm³/mol. The molecule has 0 unspecified atom stereocenters. The summed E-state index contributed by atoms with van der Waals surface area (Å²) in [5.74, 6) is -1.85. The van der Waals surface area contributed by atoms with Crippen molar-refractivity contribution in [3.05, 3.63) is 35.9 Å². The molecule has 0 amide bonds. The molecule has 0 aliphatic rings. The number of esters is 2. The molecule has 0 aliphatic carbocycles.